The van der Waals surface area contributed by atoms with Gasteiger partial charge in [0.25, 0.3) is 0 Å². The monoisotopic (exact) mass is 263 g/mol. The van der Waals surface area contributed by atoms with Crippen LogP contribution in [0, 0.1) is 0 Å². The number of carbonyl (C=O) groups is 2. The summed E-state index contributed by atoms with van der Waals surface area (Å²) in [5.74, 6) is -0.620. The molecule has 0 atom stereocenters. The molecule has 0 aliphatic heterocycles. The molecule has 6 nitrogen and oxygen atoms in total. The zero-order valence-electron chi connectivity index (χ0n) is 10.3. The number of carboxylic acid groups (broad SMARTS) is 1. The van der Waals surface area contributed by atoms with Crippen LogP contribution in [0.5, 0.6) is 5.75 Å². The van der Waals surface area contributed by atoms with Crippen molar-refractivity contribution < 1.29 is 24.2 Å². The fourth-order valence-electron chi connectivity index (χ4n) is 1.84. The van der Waals surface area contributed by atoms with E-state index in [2.05, 4.69) is 4.98 Å². The number of aromatic amines is 1. The predicted octanol–water partition coefficient (Wildman–Crippen LogP) is 1.70. The van der Waals surface area contributed by atoms with E-state index in [9.17, 15) is 9.59 Å². The van der Waals surface area contributed by atoms with Crippen molar-refractivity contribution in [3.05, 3.63) is 29.5 Å². The van der Waals surface area contributed by atoms with Crippen LogP contribution < -0.4 is 4.74 Å². The number of hydrogen-bond donors (Lipinski definition) is 2. The fraction of sp³-hybridized carbons (Fsp3) is 0.231. The molecule has 0 spiro atoms. The largest absolute Gasteiger partial charge is 0.491 e. The number of rotatable bonds is 6. The molecular weight excluding hydrogens is 250 g/mol. The number of aromatic carboxylic acids is 1. The highest BCUT2D eigenvalue weighted by atomic mass is 16.5. The van der Waals surface area contributed by atoms with Crippen LogP contribution in [0.25, 0.3) is 10.9 Å². The first-order valence-electron chi connectivity index (χ1n) is 5.63. The normalized spacial score (nSPS) is 10.6. The molecule has 2 N–H and O–H groups in total. The van der Waals surface area contributed by atoms with Crippen molar-refractivity contribution in [3.63, 3.8) is 0 Å². The Morgan fingerprint density at radius 3 is 2.84 bits per heavy atom. The van der Waals surface area contributed by atoms with Crippen molar-refractivity contribution in [2.45, 2.75) is 0 Å². The average Bonchev–Trinajstić information content (AvgIpc) is 2.76. The summed E-state index contributed by atoms with van der Waals surface area (Å²) in [4.78, 5) is 24.8. The van der Waals surface area contributed by atoms with Gasteiger partial charge in [0, 0.05) is 18.0 Å². The second-order valence-electron chi connectivity index (χ2n) is 3.89. The molecule has 0 bridgehead atoms. The van der Waals surface area contributed by atoms with E-state index in [-0.39, 0.29) is 11.3 Å². The number of benzene rings is 1. The van der Waals surface area contributed by atoms with Gasteiger partial charge in [0.15, 0.2) is 6.29 Å². The second-order valence-corrected chi connectivity index (χ2v) is 3.89. The third-order valence-corrected chi connectivity index (χ3v) is 2.69. The van der Waals surface area contributed by atoms with Crippen molar-refractivity contribution in [2.24, 2.45) is 0 Å². The van der Waals surface area contributed by atoms with E-state index in [1.165, 1.54) is 0 Å². The van der Waals surface area contributed by atoms with Gasteiger partial charge in [0.05, 0.1) is 17.9 Å². The highest BCUT2D eigenvalue weighted by Gasteiger charge is 2.17. The van der Waals surface area contributed by atoms with Gasteiger partial charge in [-0.15, -0.1) is 0 Å². The lowest BCUT2D eigenvalue weighted by Crippen LogP contribution is -2.04. The molecule has 0 amide bonds. The molecule has 0 unspecified atom stereocenters. The Morgan fingerprint density at radius 1 is 1.42 bits per heavy atom. The molecule has 0 radical (unpaired) electrons. The number of nitrogens with one attached hydrogen (secondary N) is 1. The summed E-state index contributed by atoms with van der Waals surface area (Å²) < 4.78 is 10.3. The zero-order valence-corrected chi connectivity index (χ0v) is 10.3. The molecule has 19 heavy (non-hydrogen) atoms. The topological polar surface area (TPSA) is 88.6 Å². The maximum atomic E-state index is 11.2. The molecule has 1 aromatic carbocycles. The van der Waals surface area contributed by atoms with Crippen LogP contribution in [0.4, 0.5) is 0 Å². The average molecular weight is 263 g/mol. The first-order valence-corrected chi connectivity index (χ1v) is 5.63. The van der Waals surface area contributed by atoms with E-state index >= 15 is 0 Å². The summed E-state index contributed by atoms with van der Waals surface area (Å²) in [6, 6.07) is 4.98. The second kappa shape index (κ2) is 5.53. The standard InChI is InChI=1S/C13H13NO5/c1-18-4-5-19-8-2-3-10-9(6-8)12(13(16)17)11(7-15)14-10/h2-3,6-7,14H,4-5H2,1H3,(H,16,17). The number of fused-ring (bicyclic) bond motifs is 1. The number of aldehydes is 1. The van der Waals surface area contributed by atoms with E-state index in [1.807, 2.05) is 0 Å². The van der Waals surface area contributed by atoms with E-state index in [0.717, 1.165) is 0 Å². The number of carbonyl (C=O) groups excluding carboxylic acids is 1. The third kappa shape index (κ3) is 2.58. The van der Waals surface area contributed by atoms with Crippen molar-refractivity contribution in [1.29, 1.82) is 0 Å². The molecule has 0 saturated carbocycles. The molecule has 0 saturated heterocycles. The molecule has 1 heterocycles. The van der Waals surface area contributed by atoms with Crippen molar-refractivity contribution in [2.75, 3.05) is 20.3 Å². The molecule has 1 aromatic heterocycles. The summed E-state index contributed by atoms with van der Waals surface area (Å²) >= 11 is 0. The number of H-pyrrole nitrogens is 1. The minimum absolute atomic E-state index is 0.0396. The lowest BCUT2D eigenvalue weighted by molar-refractivity contribution is 0.0696. The van der Waals surface area contributed by atoms with Crippen LogP contribution in [0.2, 0.25) is 0 Å². The van der Waals surface area contributed by atoms with Crippen LogP contribution in [0.1, 0.15) is 20.8 Å². The molecule has 0 aliphatic carbocycles. The van der Waals surface area contributed by atoms with Crippen molar-refractivity contribution in [3.8, 4) is 5.75 Å². The highest BCUT2D eigenvalue weighted by molar-refractivity contribution is 6.09. The van der Waals surface area contributed by atoms with Crippen LogP contribution in [0.15, 0.2) is 18.2 Å². The van der Waals surface area contributed by atoms with Crippen LogP contribution in [-0.2, 0) is 4.74 Å². The van der Waals surface area contributed by atoms with Gasteiger partial charge in [-0.1, -0.05) is 0 Å². The van der Waals surface area contributed by atoms with Gasteiger partial charge < -0.3 is 19.6 Å². The maximum Gasteiger partial charge on any atom is 0.338 e. The Kier molecular flexibility index (Phi) is 3.82. The Bertz CT molecular complexity index is 617. The summed E-state index contributed by atoms with van der Waals surface area (Å²) in [6.45, 7) is 0.811. The minimum Gasteiger partial charge on any atom is -0.491 e. The van der Waals surface area contributed by atoms with Gasteiger partial charge in [0.1, 0.15) is 12.4 Å². The lowest BCUT2D eigenvalue weighted by Gasteiger charge is -2.05. The summed E-state index contributed by atoms with van der Waals surface area (Å²) in [5, 5.41) is 9.60. The Hall–Kier alpha value is -2.34. The number of hydrogen-bond acceptors (Lipinski definition) is 4. The summed E-state index contributed by atoms with van der Waals surface area (Å²) in [5.41, 5.74) is 0.595. The van der Waals surface area contributed by atoms with Gasteiger partial charge in [-0.3, -0.25) is 4.79 Å². The quantitative estimate of drug-likeness (QED) is 0.611. The van der Waals surface area contributed by atoms with E-state index in [0.29, 0.717) is 36.2 Å². The van der Waals surface area contributed by atoms with E-state index in [1.54, 1.807) is 25.3 Å². The van der Waals surface area contributed by atoms with Gasteiger partial charge >= 0.3 is 5.97 Å². The smallest absolute Gasteiger partial charge is 0.338 e. The van der Waals surface area contributed by atoms with Gasteiger partial charge in [0.2, 0.25) is 0 Å². The van der Waals surface area contributed by atoms with Crippen molar-refractivity contribution in [1.82, 2.24) is 4.98 Å². The fourth-order valence-corrected chi connectivity index (χ4v) is 1.84. The minimum atomic E-state index is -1.15. The Morgan fingerprint density at radius 2 is 2.21 bits per heavy atom. The maximum absolute atomic E-state index is 11.2. The Labute approximate surface area is 108 Å². The van der Waals surface area contributed by atoms with Gasteiger partial charge in [-0.2, -0.15) is 0 Å². The lowest BCUT2D eigenvalue weighted by atomic mass is 10.1. The molecular formula is C13H13NO5. The zero-order chi connectivity index (χ0) is 13.8. The first kappa shape index (κ1) is 13.1. The molecule has 2 aromatic rings. The molecule has 6 heteroatoms. The van der Waals surface area contributed by atoms with Crippen LogP contribution in [0.3, 0.4) is 0 Å². The van der Waals surface area contributed by atoms with Crippen LogP contribution in [-0.4, -0.2) is 42.7 Å². The highest BCUT2D eigenvalue weighted by Crippen LogP contribution is 2.26. The predicted molar refractivity (Wildman–Crippen MR) is 68.0 cm³/mol. The first-order chi connectivity index (χ1) is 9.17. The Balaban J connectivity index is 2.42. The number of ether oxygens (including phenoxy) is 2. The molecule has 0 aliphatic rings. The van der Waals surface area contributed by atoms with Crippen LogP contribution >= 0.6 is 0 Å². The SMILES string of the molecule is COCCOc1ccc2[nH]c(C=O)c(C(=O)O)c2c1. The molecule has 100 valence electrons. The number of aromatic nitrogens is 1. The number of methoxy groups -OCH3 is 1. The van der Waals surface area contributed by atoms with Gasteiger partial charge in [-0.05, 0) is 18.2 Å². The van der Waals surface area contributed by atoms with Gasteiger partial charge in [-0.25, -0.2) is 4.79 Å². The van der Waals surface area contributed by atoms with Crippen molar-refractivity contribution >= 4 is 23.2 Å². The van der Waals surface area contributed by atoms with E-state index in [4.69, 9.17) is 14.6 Å². The summed E-state index contributed by atoms with van der Waals surface area (Å²) in [6.07, 6.45) is 0.495. The third-order valence-electron chi connectivity index (χ3n) is 2.69. The molecule has 2 rings (SSSR count). The van der Waals surface area contributed by atoms with E-state index < -0.39 is 5.97 Å². The summed E-state index contributed by atoms with van der Waals surface area (Å²) in [7, 11) is 1.57. The molecule has 0 fully saturated rings. The number of carboxylic acids is 1.